The average Bonchev–Trinajstić information content (AvgIpc) is 2.77. The fourth-order valence-electron chi connectivity index (χ4n) is 1.96. The van der Waals surface area contributed by atoms with Gasteiger partial charge < -0.3 is 14.2 Å². The second-order valence-corrected chi connectivity index (χ2v) is 5.09. The molecule has 1 fully saturated rings. The van der Waals surface area contributed by atoms with Crippen LogP contribution in [0.1, 0.15) is 12.0 Å². The number of benzene rings is 1. The van der Waals surface area contributed by atoms with E-state index in [1.165, 1.54) is 0 Å². The molecule has 1 aromatic rings. The van der Waals surface area contributed by atoms with Crippen molar-refractivity contribution in [3.05, 3.63) is 33.8 Å². The van der Waals surface area contributed by atoms with Crippen molar-refractivity contribution < 1.29 is 14.2 Å². The minimum Gasteiger partial charge on any atom is -0.382 e. The van der Waals surface area contributed by atoms with Gasteiger partial charge in [0.15, 0.2) is 0 Å². The first kappa shape index (κ1) is 14.1. The first-order chi connectivity index (χ1) is 8.70. The van der Waals surface area contributed by atoms with Crippen molar-refractivity contribution in [1.82, 2.24) is 0 Å². The highest BCUT2D eigenvalue weighted by Gasteiger charge is 2.26. The van der Waals surface area contributed by atoms with Crippen molar-refractivity contribution in [1.29, 1.82) is 0 Å². The smallest absolute Gasteiger partial charge is 0.0838 e. The molecule has 0 spiro atoms. The van der Waals surface area contributed by atoms with Gasteiger partial charge in [0, 0.05) is 29.1 Å². The Labute approximate surface area is 117 Å². The highest BCUT2D eigenvalue weighted by Crippen LogP contribution is 2.26. The molecule has 1 heterocycles. The fourth-order valence-corrected chi connectivity index (χ4v) is 2.47. The molecule has 2 unspecified atom stereocenters. The molecule has 5 heteroatoms. The van der Waals surface area contributed by atoms with E-state index < -0.39 is 0 Å². The summed E-state index contributed by atoms with van der Waals surface area (Å²) in [6.07, 6.45) is 1.05. The Kier molecular flexibility index (Phi) is 5.27. The van der Waals surface area contributed by atoms with Gasteiger partial charge in [-0.1, -0.05) is 29.3 Å². The van der Waals surface area contributed by atoms with Crippen molar-refractivity contribution in [2.24, 2.45) is 0 Å². The zero-order valence-corrected chi connectivity index (χ0v) is 11.7. The van der Waals surface area contributed by atoms with Crippen molar-refractivity contribution in [3.8, 4) is 0 Å². The monoisotopic (exact) mass is 290 g/mol. The molecule has 1 saturated heterocycles. The lowest BCUT2D eigenvalue weighted by Gasteiger charge is -2.12. The number of hydrogen-bond acceptors (Lipinski definition) is 3. The van der Waals surface area contributed by atoms with E-state index in [0.717, 1.165) is 12.0 Å². The van der Waals surface area contributed by atoms with Crippen LogP contribution in [0.4, 0.5) is 0 Å². The molecule has 3 nitrogen and oxygen atoms in total. The lowest BCUT2D eigenvalue weighted by Crippen LogP contribution is -2.15. The summed E-state index contributed by atoms with van der Waals surface area (Å²) in [6, 6.07) is 5.44. The van der Waals surface area contributed by atoms with Crippen LogP contribution in [-0.4, -0.2) is 32.5 Å². The van der Waals surface area contributed by atoms with E-state index in [2.05, 4.69) is 0 Å². The van der Waals surface area contributed by atoms with Gasteiger partial charge in [-0.15, -0.1) is 0 Å². The quantitative estimate of drug-likeness (QED) is 0.833. The van der Waals surface area contributed by atoms with Gasteiger partial charge in [-0.05, 0) is 12.1 Å². The van der Waals surface area contributed by atoms with Crippen LogP contribution in [0.15, 0.2) is 18.2 Å². The first-order valence-electron chi connectivity index (χ1n) is 5.85. The summed E-state index contributed by atoms with van der Waals surface area (Å²) < 4.78 is 16.4. The average molecular weight is 291 g/mol. The third-order valence-electron chi connectivity index (χ3n) is 2.92. The summed E-state index contributed by atoms with van der Waals surface area (Å²) in [5.74, 6) is 0. The Morgan fingerprint density at radius 1 is 1.33 bits per heavy atom. The largest absolute Gasteiger partial charge is 0.382 e. The van der Waals surface area contributed by atoms with Crippen LogP contribution in [-0.2, 0) is 20.8 Å². The van der Waals surface area contributed by atoms with Crippen LogP contribution in [0.5, 0.6) is 0 Å². The molecule has 0 saturated carbocycles. The molecule has 100 valence electrons. The van der Waals surface area contributed by atoms with Crippen molar-refractivity contribution in [3.63, 3.8) is 0 Å². The van der Waals surface area contributed by atoms with Gasteiger partial charge in [0.2, 0.25) is 0 Å². The van der Waals surface area contributed by atoms with Gasteiger partial charge >= 0.3 is 0 Å². The molecule has 0 amide bonds. The number of rotatable bonds is 5. The van der Waals surface area contributed by atoms with E-state index in [1.807, 2.05) is 18.2 Å². The summed E-state index contributed by atoms with van der Waals surface area (Å²) in [5.41, 5.74) is 0.830. The molecule has 1 aliphatic rings. The van der Waals surface area contributed by atoms with Gasteiger partial charge in [-0.3, -0.25) is 0 Å². The molecule has 1 aliphatic heterocycles. The van der Waals surface area contributed by atoms with Crippen LogP contribution in [0.3, 0.4) is 0 Å². The van der Waals surface area contributed by atoms with Crippen LogP contribution in [0.2, 0.25) is 10.0 Å². The zero-order chi connectivity index (χ0) is 13.0. The summed E-state index contributed by atoms with van der Waals surface area (Å²) >= 11 is 12.2. The number of halogens is 2. The van der Waals surface area contributed by atoms with E-state index in [4.69, 9.17) is 37.4 Å². The van der Waals surface area contributed by atoms with Crippen molar-refractivity contribution in [2.45, 2.75) is 25.2 Å². The SMILES string of the molecule is COCC1CC(OCc2c(Cl)cccc2Cl)CO1. The highest BCUT2D eigenvalue weighted by molar-refractivity contribution is 6.35. The third kappa shape index (κ3) is 3.59. The number of ether oxygens (including phenoxy) is 3. The number of hydrogen-bond donors (Lipinski definition) is 0. The molecular weight excluding hydrogens is 275 g/mol. The second-order valence-electron chi connectivity index (χ2n) is 4.28. The molecule has 2 rings (SSSR count). The predicted octanol–water partition coefficient (Wildman–Crippen LogP) is 3.31. The van der Waals surface area contributed by atoms with Gasteiger partial charge in [-0.2, -0.15) is 0 Å². The molecule has 2 atom stereocenters. The van der Waals surface area contributed by atoms with Gasteiger partial charge in [-0.25, -0.2) is 0 Å². The Balaban J connectivity index is 1.85. The first-order valence-corrected chi connectivity index (χ1v) is 6.61. The molecule has 1 aromatic carbocycles. The molecule has 0 bridgehead atoms. The molecule has 0 N–H and O–H groups in total. The van der Waals surface area contributed by atoms with Gasteiger partial charge in [0.25, 0.3) is 0 Å². The predicted molar refractivity (Wildman–Crippen MR) is 71.3 cm³/mol. The Bertz CT molecular complexity index is 378. The zero-order valence-electron chi connectivity index (χ0n) is 10.2. The van der Waals surface area contributed by atoms with Crippen LogP contribution >= 0.6 is 23.2 Å². The van der Waals surface area contributed by atoms with E-state index in [1.54, 1.807) is 7.11 Å². The molecular formula is C13H16Cl2O3. The second kappa shape index (κ2) is 6.73. The molecule has 0 radical (unpaired) electrons. The Morgan fingerprint density at radius 3 is 2.72 bits per heavy atom. The van der Waals surface area contributed by atoms with E-state index >= 15 is 0 Å². The summed E-state index contributed by atoms with van der Waals surface area (Å²) in [6.45, 7) is 1.61. The fraction of sp³-hybridized carbons (Fsp3) is 0.538. The van der Waals surface area contributed by atoms with Crippen LogP contribution in [0.25, 0.3) is 0 Å². The van der Waals surface area contributed by atoms with Crippen LogP contribution < -0.4 is 0 Å². The topological polar surface area (TPSA) is 27.7 Å². The maximum absolute atomic E-state index is 6.08. The van der Waals surface area contributed by atoms with Crippen LogP contribution in [0, 0.1) is 0 Å². The van der Waals surface area contributed by atoms with Crippen molar-refractivity contribution in [2.75, 3.05) is 20.3 Å². The summed E-state index contributed by atoms with van der Waals surface area (Å²) in [7, 11) is 1.67. The van der Waals surface area contributed by atoms with Gasteiger partial charge in [0.05, 0.1) is 32.0 Å². The molecule has 18 heavy (non-hydrogen) atoms. The van der Waals surface area contributed by atoms with E-state index in [0.29, 0.717) is 29.9 Å². The lowest BCUT2D eigenvalue weighted by molar-refractivity contribution is 0.0163. The normalized spacial score (nSPS) is 23.5. The van der Waals surface area contributed by atoms with E-state index in [-0.39, 0.29) is 12.2 Å². The summed E-state index contributed by atoms with van der Waals surface area (Å²) in [4.78, 5) is 0. The standard InChI is InChI=1S/C13H16Cl2O3/c1-16-6-9-5-10(7-17-9)18-8-11-12(14)3-2-4-13(11)15/h2-4,9-10H,5-8H2,1H3. The third-order valence-corrected chi connectivity index (χ3v) is 3.63. The number of methoxy groups -OCH3 is 1. The highest BCUT2D eigenvalue weighted by atomic mass is 35.5. The van der Waals surface area contributed by atoms with Crippen molar-refractivity contribution >= 4 is 23.2 Å². The summed E-state index contributed by atoms with van der Waals surface area (Å²) in [5, 5.41) is 1.27. The van der Waals surface area contributed by atoms with Gasteiger partial charge in [0.1, 0.15) is 0 Å². The Hall–Kier alpha value is -0.320. The molecule has 0 aromatic heterocycles. The minimum atomic E-state index is 0.0810. The minimum absolute atomic E-state index is 0.0810. The maximum Gasteiger partial charge on any atom is 0.0838 e. The molecule has 0 aliphatic carbocycles. The maximum atomic E-state index is 6.08. The lowest BCUT2D eigenvalue weighted by atomic mass is 10.2. The van der Waals surface area contributed by atoms with E-state index in [9.17, 15) is 0 Å². The Morgan fingerprint density at radius 2 is 2.06 bits per heavy atom.